The normalized spacial score (nSPS) is 20.0. The van der Waals surface area contributed by atoms with Crippen molar-refractivity contribution in [2.24, 2.45) is 10.9 Å². The van der Waals surface area contributed by atoms with Gasteiger partial charge in [0.05, 0.1) is 12.2 Å². The van der Waals surface area contributed by atoms with Crippen molar-refractivity contribution < 1.29 is 0 Å². The molecule has 0 aromatic heterocycles. The monoisotopic (exact) mass is 298 g/mol. The molecule has 0 radical (unpaired) electrons. The highest BCUT2D eigenvalue weighted by Gasteiger charge is 2.22. The Bertz CT molecular complexity index is 404. The molecule has 1 unspecified atom stereocenters. The molecule has 1 N–H and O–H groups in total. The summed E-state index contributed by atoms with van der Waals surface area (Å²) in [5, 5.41) is 5.01. The molecule has 86 valence electrons. The van der Waals surface area contributed by atoms with E-state index in [2.05, 4.69) is 46.2 Å². The van der Waals surface area contributed by atoms with Crippen molar-refractivity contribution in [3.8, 4) is 0 Å². The number of thioether (sulfide) groups is 1. The molecular formula is C12H15BrN2S. The number of hydrogen-bond donors (Lipinski definition) is 1. The molecule has 1 atom stereocenters. The van der Waals surface area contributed by atoms with Gasteiger partial charge in [0, 0.05) is 9.72 Å². The standard InChI is InChI=1S/C12H15BrN2S/c1-8(2)11-7-14-12(16-11)15-10-6-4-3-5-9(10)13/h3-6,8,11H,7H2,1-2H3,(H,14,15). The van der Waals surface area contributed by atoms with Gasteiger partial charge < -0.3 is 5.32 Å². The first-order valence-electron chi connectivity index (χ1n) is 5.39. The van der Waals surface area contributed by atoms with Crippen molar-refractivity contribution in [2.75, 3.05) is 11.9 Å². The van der Waals surface area contributed by atoms with Crippen LogP contribution in [-0.4, -0.2) is 17.0 Å². The van der Waals surface area contributed by atoms with Gasteiger partial charge in [0.15, 0.2) is 5.17 Å². The lowest BCUT2D eigenvalue weighted by molar-refractivity contribution is 0.621. The van der Waals surface area contributed by atoms with Gasteiger partial charge in [-0.1, -0.05) is 37.7 Å². The van der Waals surface area contributed by atoms with Gasteiger partial charge in [-0.25, -0.2) is 0 Å². The van der Waals surface area contributed by atoms with E-state index in [1.54, 1.807) is 0 Å². The molecular weight excluding hydrogens is 284 g/mol. The Morgan fingerprint density at radius 1 is 1.44 bits per heavy atom. The Morgan fingerprint density at radius 2 is 2.19 bits per heavy atom. The van der Waals surface area contributed by atoms with E-state index in [9.17, 15) is 0 Å². The maximum Gasteiger partial charge on any atom is 0.161 e. The van der Waals surface area contributed by atoms with Crippen LogP contribution in [0.5, 0.6) is 0 Å². The molecule has 0 amide bonds. The summed E-state index contributed by atoms with van der Waals surface area (Å²) in [4.78, 5) is 4.52. The minimum absolute atomic E-state index is 0.616. The Hall–Kier alpha value is -0.480. The minimum atomic E-state index is 0.616. The van der Waals surface area contributed by atoms with Gasteiger partial charge in [-0.05, 0) is 34.0 Å². The van der Waals surface area contributed by atoms with Crippen molar-refractivity contribution in [3.05, 3.63) is 28.7 Å². The second-order valence-electron chi connectivity index (χ2n) is 4.15. The lowest BCUT2D eigenvalue weighted by Gasteiger charge is -2.12. The highest BCUT2D eigenvalue weighted by molar-refractivity contribution is 9.10. The van der Waals surface area contributed by atoms with Crippen molar-refractivity contribution in [3.63, 3.8) is 0 Å². The van der Waals surface area contributed by atoms with Gasteiger partial charge in [0.25, 0.3) is 0 Å². The van der Waals surface area contributed by atoms with E-state index >= 15 is 0 Å². The molecule has 2 nitrogen and oxygen atoms in total. The Balaban J connectivity index is 2.00. The topological polar surface area (TPSA) is 24.4 Å². The van der Waals surface area contributed by atoms with Crippen molar-refractivity contribution in [1.29, 1.82) is 0 Å². The summed E-state index contributed by atoms with van der Waals surface area (Å²) in [6.07, 6.45) is 0. The fourth-order valence-electron chi connectivity index (χ4n) is 1.48. The van der Waals surface area contributed by atoms with Crippen LogP contribution in [0.1, 0.15) is 13.8 Å². The van der Waals surface area contributed by atoms with Gasteiger partial charge in [0.2, 0.25) is 0 Å². The Labute approximate surface area is 109 Å². The zero-order valence-corrected chi connectivity index (χ0v) is 11.8. The molecule has 0 aliphatic carbocycles. The molecule has 0 fully saturated rings. The van der Waals surface area contributed by atoms with Gasteiger partial charge in [0.1, 0.15) is 0 Å². The predicted molar refractivity (Wildman–Crippen MR) is 76.3 cm³/mol. The van der Waals surface area contributed by atoms with Crippen molar-refractivity contribution >= 4 is 38.5 Å². The molecule has 16 heavy (non-hydrogen) atoms. The number of benzene rings is 1. The molecule has 1 aromatic rings. The molecule has 1 aliphatic heterocycles. The summed E-state index contributed by atoms with van der Waals surface area (Å²) < 4.78 is 1.08. The van der Waals surface area contributed by atoms with Gasteiger partial charge in [-0.15, -0.1) is 0 Å². The molecule has 1 aromatic carbocycles. The molecule has 1 aliphatic rings. The number of halogens is 1. The number of rotatable bonds is 2. The molecule has 0 bridgehead atoms. The number of nitrogens with one attached hydrogen (secondary N) is 1. The minimum Gasteiger partial charge on any atom is -0.334 e. The fourth-order valence-corrected chi connectivity index (χ4v) is 2.89. The van der Waals surface area contributed by atoms with Crippen LogP contribution in [0.3, 0.4) is 0 Å². The van der Waals surface area contributed by atoms with E-state index < -0.39 is 0 Å². The highest BCUT2D eigenvalue weighted by Crippen LogP contribution is 2.29. The summed E-state index contributed by atoms with van der Waals surface area (Å²) in [5.41, 5.74) is 1.08. The Kier molecular flexibility index (Phi) is 3.92. The molecule has 2 rings (SSSR count). The highest BCUT2D eigenvalue weighted by atomic mass is 79.9. The first kappa shape index (κ1) is 12.0. The van der Waals surface area contributed by atoms with Crippen LogP contribution in [0.4, 0.5) is 5.69 Å². The van der Waals surface area contributed by atoms with Crippen LogP contribution >= 0.6 is 27.7 Å². The number of nitrogens with zero attached hydrogens (tertiary/aromatic N) is 1. The summed E-state index contributed by atoms with van der Waals surface area (Å²) in [6.45, 7) is 5.41. The summed E-state index contributed by atoms with van der Waals surface area (Å²) in [5.74, 6) is 0.673. The number of aliphatic imine (C=N–C) groups is 1. The van der Waals surface area contributed by atoms with E-state index in [0.717, 1.165) is 21.9 Å². The van der Waals surface area contributed by atoms with Crippen LogP contribution in [0, 0.1) is 5.92 Å². The first-order valence-corrected chi connectivity index (χ1v) is 7.06. The molecule has 1 heterocycles. The van der Waals surface area contributed by atoms with Gasteiger partial charge in [-0.3, -0.25) is 4.99 Å². The number of anilines is 1. The van der Waals surface area contributed by atoms with E-state index in [1.165, 1.54) is 0 Å². The Morgan fingerprint density at radius 3 is 2.81 bits per heavy atom. The lowest BCUT2D eigenvalue weighted by atomic mass is 10.1. The zero-order valence-electron chi connectivity index (χ0n) is 9.40. The largest absolute Gasteiger partial charge is 0.334 e. The van der Waals surface area contributed by atoms with E-state index in [4.69, 9.17) is 0 Å². The maximum atomic E-state index is 4.52. The van der Waals surface area contributed by atoms with Crippen LogP contribution in [0.25, 0.3) is 0 Å². The van der Waals surface area contributed by atoms with Crippen LogP contribution in [0.15, 0.2) is 33.7 Å². The average molecular weight is 299 g/mol. The number of para-hydroxylation sites is 1. The molecule has 0 spiro atoms. The third-order valence-electron chi connectivity index (χ3n) is 2.54. The van der Waals surface area contributed by atoms with Crippen molar-refractivity contribution in [2.45, 2.75) is 19.1 Å². The maximum absolute atomic E-state index is 4.52. The zero-order chi connectivity index (χ0) is 11.5. The first-order chi connectivity index (χ1) is 7.66. The van der Waals surface area contributed by atoms with Crippen LogP contribution < -0.4 is 5.32 Å². The number of hydrogen-bond acceptors (Lipinski definition) is 3. The van der Waals surface area contributed by atoms with E-state index in [0.29, 0.717) is 11.2 Å². The summed E-state index contributed by atoms with van der Waals surface area (Å²) >= 11 is 5.36. The predicted octanol–water partition coefficient (Wildman–Crippen LogP) is 3.99. The lowest BCUT2D eigenvalue weighted by Crippen LogP contribution is -2.13. The van der Waals surface area contributed by atoms with Gasteiger partial charge >= 0.3 is 0 Å². The smallest absolute Gasteiger partial charge is 0.161 e. The summed E-state index contributed by atoms with van der Waals surface area (Å²) in [7, 11) is 0. The van der Waals surface area contributed by atoms with E-state index in [1.807, 2.05) is 30.0 Å². The quantitative estimate of drug-likeness (QED) is 0.893. The molecule has 4 heteroatoms. The second kappa shape index (κ2) is 5.23. The molecule has 0 saturated heterocycles. The van der Waals surface area contributed by atoms with E-state index in [-0.39, 0.29) is 0 Å². The second-order valence-corrected chi connectivity index (χ2v) is 6.23. The number of amidine groups is 1. The molecule has 0 saturated carbocycles. The third kappa shape index (κ3) is 2.80. The summed E-state index contributed by atoms with van der Waals surface area (Å²) in [6, 6.07) is 8.11. The average Bonchev–Trinajstić information content (AvgIpc) is 2.70. The van der Waals surface area contributed by atoms with Crippen LogP contribution in [0.2, 0.25) is 0 Å². The SMILES string of the molecule is CC(C)C1CN=C(Nc2ccccc2Br)S1. The van der Waals surface area contributed by atoms with Gasteiger partial charge in [-0.2, -0.15) is 0 Å². The fraction of sp³-hybridized carbons (Fsp3) is 0.417. The van der Waals surface area contributed by atoms with Crippen molar-refractivity contribution in [1.82, 2.24) is 0 Å². The third-order valence-corrected chi connectivity index (χ3v) is 4.68. The van der Waals surface area contributed by atoms with Crippen LogP contribution in [-0.2, 0) is 0 Å².